The predicted octanol–water partition coefficient (Wildman–Crippen LogP) is 1.93. The molecule has 0 aromatic heterocycles. The molecule has 5 atom stereocenters. The van der Waals surface area contributed by atoms with Crippen molar-refractivity contribution >= 4 is 5.78 Å². The molecule has 0 N–H and O–H groups in total. The number of hydrogen-bond acceptors (Lipinski definition) is 5. The Labute approximate surface area is 136 Å². The fraction of sp³-hybridized carbons (Fsp3) is 0.722. The van der Waals surface area contributed by atoms with Crippen LogP contribution in [0.5, 0.6) is 0 Å². The van der Waals surface area contributed by atoms with E-state index in [4.69, 9.17) is 18.9 Å². The van der Waals surface area contributed by atoms with Gasteiger partial charge in [0.2, 0.25) is 5.79 Å². The molecule has 5 nitrogen and oxygen atoms in total. The molecule has 5 heteroatoms. The molecule has 5 rings (SSSR count). The van der Waals surface area contributed by atoms with Crippen molar-refractivity contribution in [3.8, 4) is 0 Å². The molecule has 2 aliphatic heterocycles. The Hall–Kier alpha value is -1.01. The number of ketones is 1. The molecule has 1 saturated carbocycles. The van der Waals surface area contributed by atoms with Gasteiger partial charge in [-0.05, 0) is 11.5 Å². The van der Waals surface area contributed by atoms with Gasteiger partial charge in [0.05, 0.1) is 25.7 Å². The number of methoxy groups -OCH3 is 1. The molecular formula is C18H24O5. The molecule has 2 saturated heterocycles. The largest absolute Gasteiger partial charge is 0.348 e. The first-order chi connectivity index (χ1) is 10.9. The van der Waals surface area contributed by atoms with Crippen LogP contribution < -0.4 is 0 Å². The maximum absolute atomic E-state index is 12.9. The lowest BCUT2D eigenvalue weighted by molar-refractivity contribution is -0.237. The van der Waals surface area contributed by atoms with E-state index in [1.54, 1.807) is 7.11 Å². The zero-order chi connectivity index (χ0) is 16.4. The monoisotopic (exact) mass is 320 g/mol. The third-order valence-electron chi connectivity index (χ3n) is 5.71. The lowest BCUT2D eigenvalue weighted by atomic mass is 9.57. The van der Waals surface area contributed by atoms with E-state index in [-0.39, 0.29) is 34.9 Å². The van der Waals surface area contributed by atoms with Crippen LogP contribution in [0.4, 0.5) is 0 Å². The average molecular weight is 320 g/mol. The lowest BCUT2D eigenvalue weighted by Gasteiger charge is -2.50. The SMILES string of the molecule is C=C[C@@H]1[C@H]2CO[C@@]3(OC)C(=O)[C@@H]1C=C(C1OCC(C)(C)CO1)[C@@H]23. The van der Waals surface area contributed by atoms with E-state index in [2.05, 4.69) is 20.4 Å². The number of allylic oxidation sites excluding steroid dienone is 2. The van der Waals surface area contributed by atoms with Gasteiger partial charge in [-0.15, -0.1) is 6.58 Å². The van der Waals surface area contributed by atoms with Gasteiger partial charge >= 0.3 is 0 Å². The zero-order valence-corrected chi connectivity index (χ0v) is 13.9. The number of hydrogen-bond donors (Lipinski definition) is 0. The van der Waals surface area contributed by atoms with Crippen LogP contribution in [0.25, 0.3) is 0 Å². The fourth-order valence-electron chi connectivity index (χ4n) is 4.60. The van der Waals surface area contributed by atoms with Crippen LogP contribution in [0.2, 0.25) is 0 Å². The van der Waals surface area contributed by atoms with Crippen molar-refractivity contribution in [3.63, 3.8) is 0 Å². The summed E-state index contributed by atoms with van der Waals surface area (Å²) in [5.74, 6) is -1.29. The van der Waals surface area contributed by atoms with E-state index in [1.165, 1.54) is 0 Å². The van der Waals surface area contributed by atoms with Gasteiger partial charge in [-0.3, -0.25) is 4.79 Å². The second-order valence-electron chi connectivity index (χ2n) is 7.81. The quantitative estimate of drug-likeness (QED) is 0.744. The van der Waals surface area contributed by atoms with E-state index in [1.807, 2.05) is 12.2 Å². The minimum atomic E-state index is -1.17. The van der Waals surface area contributed by atoms with E-state index in [9.17, 15) is 4.79 Å². The Morgan fingerprint density at radius 2 is 2.04 bits per heavy atom. The molecule has 0 aromatic carbocycles. The Bertz CT molecular complexity index is 570. The van der Waals surface area contributed by atoms with Crippen LogP contribution in [0.1, 0.15) is 13.8 Å². The molecule has 0 radical (unpaired) electrons. The first-order valence-corrected chi connectivity index (χ1v) is 8.24. The maximum atomic E-state index is 12.9. The molecule has 5 aliphatic rings. The Kier molecular flexibility index (Phi) is 3.37. The lowest BCUT2D eigenvalue weighted by Crippen LogP contribution is -2.60. The summed E-state index contributed by atoms with van der Waals surface area (Å²) >= 11 is 0. The number of carbonyl (C=O) groups excluding carboxylic acids is 1. The van der Waals surface area contributed by atoms with Crippen molar-refractivity contribution in [2.75, 3.05) is 26.9 Å². The summed E-state index contributed by atoms with van der Waals surface area (Å²) in [6.45, 7) is 9.93. The van der Waals surface area contributed by atoms with Crippen molar-refractivity contribution < 1.29 is 23.7 Å². The van der Waals surface area contributed by atoms with Gasteiger partial charge in [0.15, 0.2) is 12.1 Å². The highest BCUT2D eigenvalue weighted by Gasteiger charge is 2.68. The third-order valence-corrected chi connectivity index (χ3v) is 5.71. The second-order valence-corrected chi connectivity index (χ2v) is 7.81. The number of rotatable bonds is 3. The third kappa shape index (κ3) is 1.97. The molecular weight excluding hydrogens is 296 g/mol. The van der Waals surface area contributed by atoms with Gasteiger partial charge in [-0.25, -0.2) is 0 Å². The van der Waals surface area contributed by atoms with E-state index < -0.39 is 12.1 Å². The molecule has 0 amide bonds. The number of ether oxygens (including phenoxy) is 4. The van der Waals surface area contributed by atoms with Gasteiger partial charge in [-0.1, -0.05) is 26.0 Å². The highest BCUT2D eigenvalue weighted by atomic mass is 16.7. The highest BCUT2D eigenvalue weighted by Crippen LogP contribution is 2.58. The van der Waals surface area contributed by atoms with Gasteiger partial charge in [0.25, 0.3) is 0 Å². The second kappa shape index (κ2) is 4.99. The maximum Gasteiger partial charge on any atom is 0.236 e. The predicted molar refractivity (Wildman–Crippen MR) is 82.4 cm³/mol. The molecule has 0 spiro atoms. The number of Topliss-reactive ketones (excluding diaryl/α,β-unsaturated/α-hetero) is 1. The van der Waals surface area contributed by atoms with Crippen molar-refractivity contribution in [1.82, 2.24) is 0 Å². The van der Waals surface area contributed by atoms with Crippen LogP contribution in [0, 0.1) is 29.1 Å². The molecule has 0 unspecified atom stereocenters. The van der Waals surface area contributed by atoms with Crippen LogP contribution in [0.15, 0.2) is 24.3 Å². The van der Waals surface area contributed by atoms with Crippen LogP contribution in [0.3, 0.4) is 0 Å². The molecule has 0 aromatic rings. The standard InChI is InChI=1S/C18H24O5/c1-5-10-11-6-12(16-21-8-17(2,3)9-22-16)14-13(10)7-23-18(14,20-4)15(11)19/h5-6,10-11,13-14,16H,1,7-9H2,2-4H3/t10-,11+,13+,14-,18+/m0/s1. The van der Waals surface area contributed by atoms with E-state index in [0.29, 0.717) is 19.8 Å². The molecule has 23 heavy (non-hydrogen) atoms. The minimum Gasteiger partial charge on any atom is -0.348 e. The molecule has 2 heterocycles. The highest BCUT2D eigenvalue weighted by molar-refractivity contribution is 5.94. The Morgan fingerprint density at radius 1 is 1.35 bits per heavy atom. The summed E-state index contributed by atoms with van der Waals surface area (Å²) in [6.07, 6.45) is 3.49. The van der Waals surface area contributed by atoms with E-state index >= 15 is 0 Å². The first kappa shape index (κ1) is 15.5. The van der Waals surface area contributed by atoms with E-state index in [0.717, 1.165) is 5.57 Å². The summed E-state index contributed by atoms with van der Waals surface area (Å²) in [4.78, 5) is 12.9. The summed E-state index contributed by atoms with van der Waals surface area (Å²) in [5.41, 5.74) is 1.02. The van der Waals surface area contributed by atoms with Gasteiger partial charge in [-0.2, -0.15) is 0 Å². The van der Waals surface area contributed by atoms with Crippen LogP contribution in [-0.4, -0.2) is 44.8 Å². The van der Waals surface area contributed by atoms with Gasteiger partial charge in [0, 0.05) is 24.4 Å². The Morgan fingerprint density at radius 3 is 2.65 bits per heavy atom. The summed E-state index contributed by atoms with van der Waals surface area (Å²) < 4.78 is 23.4. The summed E-state index contributed by atoms with van der Waals surface area (Å²) in [6, 6.07) is 0. The van der Waals surface area contributed by atoms with Gasteiger partial charge in [0.1, 0.15) is 0 Å². The minimum absolute atomic E-state index is 0.00328. The van der Waals surface area contributed by atoms with Crippen molar-refractivity contribution in [3.05, 3.63) is 24.3 Å². The van der Waals surface area contributed by atoms with Gasteiger partial charge < -0.3 is 18.9 Å². The average Bonchev–Trinajstić information content (AvgIpc) is 2.90. The molecule has 4 bridgehead atoms. The smallest absolute Gasteiger partial charge is 0.236 e. The topological polar surface area (TPSA) is 54.0 Å². The fourth-order valence-corrected chi connectivity index (χ4v) is 4.60. The summed E-state index contributed by atoms with van der Waals surface area (Å²) in [7, 11) is 1.55. The molecule has 126 valence electrons. The van der Waals surface area contributed by atoms with Crippen molar-refractivity contribution in [2.24, 2.45) is 29.1 Å². The normalized spacial score (nSPS) is 45.2. The van der Waals surface area contributed by atoms with Crippen molar-refractivity contribution in [1.29, 1.82) is 0 Å². The van der Waals surface area contributed by atoms with Crippen LogP contribution >= 0.6 is 0 Å². The molecule has 3 aliphatic carbocycles. The first-order valence-electron chi connectivity index (χ1n) is 8.24. The summed E-state index contributed by atoms with van der Waals surface area (Å²) in [5, 5.41) is 0. The zero-order valence-electron chi connectivity index (χ0n) is 13.9. The molecule has 3 fully saturated rings. The Balaban J connectivity index is 1.71. The number of carbonyl (C=O) groups is 1. The van der Waals surface area contributed by atoms with Crippen molar-refractivity contribution in [2.45, 2.75) is 25.9 Å². The van der Waals surface area contributed by atoms with Crippen LogP contribution in [-0.2, 0) is 23.7 Å².